The number of thiophene rings is 1. The van der Waals surface area contributed by atoms with Crippen LogP contribution in [0.25, 0.3) is 44.9 Å². The molecule has 1 saturated carbocycles. The molecule has 5 N–H and O–H groups in total. The van der Waals surface area contributed by atoms with E-state index in [0.29, 0.717) is 66.7 Å². The van der Waals surface area contributed by atoms with E-state index in [-0.39, 0.29) is 41.3 Å². The van der Waals surface area contributed by atoms with Gasteiger partial charge in [0.25, 0.3) is 0 Å². The lowest BCUT2D eigenvalue weighted by atomic mass is 10.0. The Labute approximate surface area is 401 Å². The van der Waals surface area contributed by atoms with Crippen LogP contribution in [-0.4, -0.2) is 103 Å². The highest BCUT2D eigenvalue weighted by Crippen LogP contribution is 2.52. The fraction of sp³-hybridized carbons (Fsp3) is 0.440. The Balaban J connectivity index is 0.971. The van der Waals surface area contributed by atoms with Gasteiger partial charge in [-0.3, -0.25) is 14.2 Å². The molecule has 4 aliphatic rings. The molecular weight excluding hydrogens is 906 g/mol. The number of carbonyl (C=O) groups is 4. The summed E-state index contributed by atoms with van der Waals surface area (Å²) in [6.07, 6.45) is 5.74. The zero-order valence-corrected chi connectivity index (χ0v) is 40.1. The molecule has 0 bridgehead atoms. The number of aromatic nitrogens is 5. The predicted molar refractivity (Wildman–Crippen MR) is 254 cm³/mol. The number of ether oxygens (including phenoxy) is 3. The number of alkyl carbamates (subject to hydrolysis) is 2. The van der Waals surface area contributed by atoms with Crippen LogP contribution >= 0.6 is 11.3 Å². The van der Waals surface area contributed by atoms with Crippen LogP contribution in [0.2, 0.25) is 0 Å². The Hall–Kier alpha value is -6.73. The molecule has 2 aromatic carbocycles. The first-order valence-electron chi connectivity index (χ1n) is 23.5. The van der Waals surface area contributed by atoms with Crippen molar-refractivity contribution in [3.63, 3.8) is 0 Å². The van der Waals surface area contributed by atoms with Crippen molar-refractivity contribution in [2.45, 2.75) is 102 Å². The lowest BCUT2D eigenvalue weighted by molar-refractivity contribution is -0.136. The highest BCUT2D eigenvalue weighted by atomic mass is 32.1. The number of benzene rings is 2. The number of nitrogens with one attached hydrogen (secondary N) is 4. The SMILES string of the molecule is COC(=O)NC(C(=O)N1CCCC1c1cnc(-c2cc(F)c3c(c2)OC(c2ccc(C4(O)CC4)s2)n2c-3cc3cc(-c4ncc(C5CCCN5C(=O)C(NC(=O)OC)C(C)C)[nH]4)ccc32)[nH]1)C(C)C. The van der Waals surface area contributed by atoms with Gasteiger partial charge < -0.3 is 49.7 Å². The van der Waals surface area contributed by atoms with Crippen molar-refractivity contribution < 1.29 is 42.9 Å². The molecule has 362 valence electrons. The van der Waals surface area contributed by atoms with Gasteiger partial charge in [-0.05, 0) is 98.9 Å². The number of imidazole rings is 2. The summed E-state index contributed by atoms with van der Waals surface area (Å²) < 4.78 is 35.4. The summed E-state index contributed by atoms with van der Waals surface area (Å²) in [5.41, 5.74) is 3.57. The van der Waals surface area contributed by atoms with E-state index in [1.165, 1.54) is 31.6 Å². The van der Waals surface area contributed by atoms with E-state index in [4.69, 9.17) is 19.2 Å². The predicted octanol–water partition coefficient (Wildman–Crippen LogP) is 8.30. The first-order chi connectivity index (χ1) is 33.2. The second-order valence-electron chi connectivity index (χ2n) is 19.2. The highest BCUT2D eigenvalue weighted by Gasteiger charge is 2.45. The van der Waals surface area contributed by atoms with E-state index in [1.54, 1.807) is 28.3 Å². The molecule has 2 saturated heterocycles. The summed E-state index contributed by atoms with van der Waals surface area (Å²) in [7, 11) is 2.54. The normalized spacial score (nSPS) is 20.1. The molecule has 19 heteroatoms. The number of nitrogens with zero attached hydrogens (tertiary/aromatic N) is 5. The molecule has 4 aromatic heterocycles. The number of aromatic amines is 2. The van der Waals surface area contributed by atoms with Gasteiger partial charge in [-0.1, -0.05) is 27.7 Å². The number of rotatable bonds is 12. The van der Waals surface area contributed by atoms with Crippen LogP contribution in [0.4, 0.5) is 14.0 Å². The zero-order valence-electron chi connectivity index (χ0n) is 39.3. The third-order valence-corrected chi connectivity index (χ3v) is 15.3. The van der Waals surface area contributed by atoms with Crippen molar-refractivity contribution in [1.29, 1.82) is 0 Å². The van der Waals surface area contributed by atoms with Crippen LogP contribution < -0.4 is 15.4 Å². The number of amides is 4. The van der Waals surface area contributed by atoms with Crippen LogP contribution in [0.15, 0.2) is 60.9 Å². The smallest absolute Gasteiger partial charge is 0.407 e. The van der Waals surface area contributed by atoms with Crippen molar-refractivity contribution in [2.24, 2.45) is 11.8 Å². The Kier molecular flexibility index (Phi) is 12.0. The Morgan fingerprint density at radius 2 is 1.39 bits per heavy atom. The van der Waals surface area contributed by atoms with Crippen molar-refractivity contribution in [1.82, 2.24) is 44.9 Å². The van der Waals surface area contributed by atoms with Crippen LogP contribution in [0, 0.1) is 17.7 Å². The Morgan fingerprint density at radius 3 is 1.94 bits per heavy atom. The van der Waals surface area contributed by atoms with Gasteiger partial charge in [-0.15, -0.1) is 11.3 Å². The van der Waals surface area contributed by atoms with Gasteiger partial charge in [0.1, 0.15) is 35.3 Å². The van der Waals surface area contributed by atoms with Gasteiger partial charge in [0.2, 0.25) is 18.0 Å². The van der Waals surface area contributed by atoms with Gasteiger partial charge in [-0.2, -0.15) is 0 Å². The second kappa shape index (κ2) is 18.0. The number of H-pyrrole nitrogens is 2. The van der Waals surface area contributed by atoms with Crippen molar-refractivity contribution >= 4 is 46.2 Å². The monoisotopic (exact) mass is 961 g/mol. The fourth-order valence-corrected chi connectivity index (χ4v) is 11.3. The van der Waals surface area contributed by atoms with Gasteiger partial charge in [0.05, 0.1) is 77.3 Å². The number of fused-ring (bicyclic) bond motifs is 5. The van der Waals surface area contributed by atoms with Crippen LogP contribution in [0.1, 0.15) is 106 Å². The Morgan fingerprint density at radius 1 is 0.812 bits per heavy atom. The maximum absolute atomic E-state index is 16.9. The van der Waals surface area contributed by atoms with Crippen LogP contribution in [0.5, 0.6) is 5.75 Å². The highest BCUT2D eigenvalue weighted by molar-refractivity contribution is 7.12. The minimum Gasteiger partial charge on any atom is -0.464 e. The molecule has 5 unspecified atom stereocenters. The number of hydrogen-bond donors (Lipinski definition) is 5. The van der Waals surface area contributed by atoms with E-state index < -0.39 is 41.9 Å². The quantitative estimate of drug-likeness (QED) is 0.0793. The lowest BCUT2D eigenvalue weighted by Crippen LogP contribution is -2.51. The molecule has 1 aliphatic carbocycles. The van der Waals surface area contributed by atoms with E-state index in [2.05, 4.69) is 25.6 Å². The summed E-state index contributed by atoms with van der Waals surface area (Å²) in [6, 6.07) is 12.9. The molecule has 0 spiro atoms. The molecule has 0 radical (unpaired) electrons. The molecule has 7 heterocycles. The van der Waals surface area contributed by atoms with Gasteiger partial charge in [-0.25, -0.2) is 23.9 Å². The van der Waals surface area contributed by atoms with Gasteiger partial charge in [0.15, 0.2) is 0 Å². The molecule has 6 aromatic rings. The standard InChI is InChI=1S/C50H56FN9O8S/c1-25(2)41(56-48(63)66-5)45(61)58-17-7-9-34(58)31-23-52-43(54-31)27-11-12-33-28(19-27)21-36-40-30(51)20-29(22-37(40)68-47(60(33)36)38-13-14-39(69-38)50(65)15-16-50)44-53-24-32(55-44)35-10-8-18-59(35)46(62)42(26(3)4)57-49(64)67-6/h11-14,19-26,34-35,41-42,47,65H,7-10,15-18H2,1-6H3,(H,52,54)(H,53,55)(H,56,63)(H,57,64). The van der Waals surface area contributed by atoms with Crippen molar-refractivity contribution in [3.05, 3.63) is 87.9 Å². The molecule has 3 aliphatic heterocycles. The topological polar surface area (TPSA) is 209 Å². The Bertz CT molecular complexity index is 2970. The average molecular weight is 962 g/mol. The molecule has 10 rings (SSSR count). The minimum absolute atomic E-state index is 0.158. The summed E-state index contributed by atoms with van der Waals surface area (Å²) in [4.78, 5) is 73.4. The molecular formula is C50H56FN9O8S. The van der Waals surface area contributed by atoms with E-state index in [9.17, 15) is 24.3 Å². The summed E-state index contributed by atoms with van der Waals surface area (Å²) in [6.45, 7) is 8.55. The maximum Gasteiger partial charge on any atom is 0.407 e. The minimum atomic E-state index is -0.851. The fourth-order valence-electron chi connectivity index (χ4n) is 10.1. The van der Waals surface area contributed by atoms with E-state index >= 15 is 4.39 Å². The van der Waals surface area contributed by atoms with Crippen LogP contribution in [0.3, 0.4) is 0 Å². The van der Waals surface area contributed by atoms with Crippen molar-refractivity contribution in [2.75, 3.05) is 27.3 Å². The first kappa shape index (κ1) is 46.0. The van der Waals surface area contributed by atoms with E-state index in [0.717, 1.165) is 51.2 Å². The van der Waals surface area contributed by atoms with Gasteiger partial charge in [0, 0.05) is 34.5 Å². The third kappa shape index (κ3) is 8.38. The van der Waals surface area contributed by atoms with Crippen LogP contribution in [-0.2, 0) is 24.7 Å². The summed E-state index contributed by atoms with van der Waals surface area (Å²) in [5, 5.41) is 17.3. The number of likely N-dealkylation sites (tertiary alicyclic amines) is 2. The largest absolute Gasteiger partial charge is 0.464 e. The number of hydrogen-bond acceptors (Lipinski definition) is 11. The zero-order chi connectivity index (χ0) is 48.5. The lowest BCUT2D eigenvalue weighted by Gasteiger charge is -2.30. The van der Waals surface area contributed by atoms with Crippen molar-refractivity contribution in [3.8, 4) is 39.8 Å². The van der Waals surface area contributed by atoms with Gasteiger partial charge >= 0.3 is 12.2 Å². The molecule has 3 fully saturated rings. The number of halogens is 1. The first-order valence-corrected chi connectivity index (χ1v) is 24.4. The molecule has 5 atom stereocenters. The molecule has 4 amide bonds. The summed E-state index contributed by atoms with van der Waals surface area (Å²) in [5.74, 6) is 0.0863. The number of aliphatic hydroxyl groups is 1. The second-order valence-corrected chi connectivity index (χ2v) is 20.3. The third-order valence-electron chi connectivity index (χ3n) is 14.0. The number of carbonyl (C=O) groups excluding carboxylic acids is 4. The maximum atomic E-state index is 16.9. The molecule has 17 nitrogen and oxygen atoms in total. The average Bonchev–Trinajstić information content (AvgIpc) is 4.12. The van der Waals surface area contributed by atoms with E-state index in [1.807, 2.05) is 68.7 Å². The number of methoxy groups -OCH3 is 2. The molecule has 69 heavy (non-hydrogen) atoms. The summed E-state index contributed by atoms with van der Waals surface area (Å²) >= 11 is 1.48.